The van der Waals surface area contributed by atoms with Crippen molar-refractivity contribution in [3.05, 3.63) is 23.8 Å². The molecule has 2 heterocycles. The number of carboxylic acid groups (broad SMARTS) is 1. The monoisotopic (exact) mass is 379 g/mol. The van der Waals surface area contributed by atoms with E-state index in [0.29, 0.717) is 31.3 Å². The van der Waals surface area contributed by atoms with Gasteiger partial charge in [-0.3, -0.25) is 0 Å². The lowest BCUT2D eigenvalue weighted by Crippen LogP contribution is -2.45. The molecule has 2 saturated heterocycles. The first-order valence-electron chi connectivity index (χ1n) is 9.39. The van der Waals surface area contributed by atoms with Crippen LogP contribution in [0.4, 0.5) is 4.79 Å². The lowest BCUT2D eigenvalue weighted by Gasteiger charge is -2.38. The van der Waals surface area contributed by atoms with Gasteiger partial charge in [0.25, 0.3) is 0 Å². The second-order valence-electron chi connectivity index (χ2n) is 7.72. The Bertz CT molecular complexity index is 687. The first-order valence-corrected chi connectivity index (χ1v) is 9.39. The number of likely N-dealkylation sites (tertiary alicyclic amines) is 1. The Morgan fingerprint density at radius 3 is 2.70 bits per heavy atom. The van der Waals surface area contributed by atoms with E-state index in [1.54, 1.807) is 14.0 Å². The van der Waals surface area contributed by atoms with Gasteiger partial charge in [-0.1, -0.05) is 13.0 Å². The number of aliphatic hydroxyl groups is 1. The van der Waals surface area contributed by atoms with E-state index in [9.17, 15) is 15.0 Å². The molecule has 2 aliphatic rings. The van der Waals surface area contributed by atoms with Crippen LogP contribution in [0.25, 0.3) is 0 Å². The van der Waals surface area contributed by atoms with Crippen molar-refractivity contribution in [2.75, 3.05) is 26.9 Å². The Hall–Kier alpha value is -1.99. The van der Waals surface area contributed by atoms with Crippen molar-refractivity contribution in [1.82, 2.24) is 4.90 Å². The molecule has 2 unspecified atom stereocenters. The summed E-state index contributed by atoms with van der Waals surface area (Å²) in [6.45, 7) is 7.09. The summed E-state index contributed by atoms with van der Waals surface area (Å²) < 4.78 is 16.9. The average molecular weight is 379 g/mol. The topological polar surface area (TPSA) is 88.5 Å². The Balaban J connectivity index is 1.96. The number of rotatable bonds is 5. The molecular weight excluding hydrogens is 350 g/mol. The number of benzene rings is 1. The molecule has 2 N–H and O–H groups in total. The van der Waals surface area contributed by atoms with Crippen LogP contribution < -0.4 is 9.47 Å². The largest absolute Gasteiger partial charge is 0.493 e. The number of hydrogen-bond donors (Lipinski definition) is 2. The SMILES string of the molecule is COc1ccc(C2CN(C(=O)O)C(C)[C@]2(C)[C@@H](C)O)cc1O[C@H]1CCOC1. The van der Waals surface area contributed by atoms with E-state index in [0.717, 1.165) is 12.0 Å². The van der Waals surface area contributed by atoms with Crippen LogP contribution in [0.5, 0.6) is 11.5 Å². The van der Waals surface area contributed by atoms with E-state index in [1.807, 2.05) is 32.0 Å². The smallest absolute Gasteiger partial charge is 0.407 e. The molecular formula is C20H29NO6. The summed E-state index contributed by atoms with van der Waals surface area (Å²) >= 11 is 0. The maximum absolute atomic E-state index is 11.7. The number of amides is 1. The van der Waals surface area contributed by atoms with Gasteiger partial charge in [0.05, 0.1) is 26.4 Å². The molecule has 0 aliphatic carbocycles. The number of nitrogens with zero attached hydrogens (tertiary/aromatic N) is 1. The average Bonchev–Trinajstić information content (AvgIpc) is 3.23. The molecule has 2 aliphatic heterocycles. The van der Waals surface area contributed by atoms with E-state index in [-0.39, 0.29) is 18.1 Å². The van der Waals surface area contributed by atoms with Crippen molar-refractivity contribution in [3.8, 4) is 11.5 Å². The van der Waals surface area contributed by atoms with Gasteiger partial charge >= 0.3 is 6.09 Å². The van der Waals surface area contributed by atoms with E-state index in [1.165, 1.54) is 4.90 Å². The third kappa shape index (κ3) is 3.46. The fourth-order valence-electron chi connectivity index (χ4n) is 4.31. The van der Waals surface area contributed by atoms with Crippen LogP contribution in [-0.2, 0) is 4.74 Å². The van der Waals surface area contributed by atoms with Crippen molar-refractivity contribution in [2.45, 2.75) is 51.4 Å². The van der Waals surface area contributed by atoms with Crippen LogP contribution in [0.15, 0.2) is 18.2 Å². The van der Waals surface area contributed by atoms with E-state index >= 15 is 0 Å². The van der Waals surface area contributed by atoms with Crippen molar-refractivity contribution in [1.29, 1.82) is 0 Å². The fraction of sp³-hybridized carbons (Fsp3) is 0.650. The molecule has 7 heteroatoms. The summed E-state index contributed by atoms with van der Waals surface area (Å²) in [6.07, 6.45) is -0.830. The van der Waals surface area contributed by atoms with Crippen molar-refractivity contribution < 1.29 is 29.2 Å². The van der Waals surface area contributed by atoms with Gasteiger partial charge in [0.15, 0.2) is 11.5 Å². The van der Waals surface area contributed by atoms with Crippen LogP contribution in [0, 0.1) is 5.41 Å². The van der Waals surface area contributed by atoms with Gasteiger partial charge in [-0.15, -0.1) is 0 Å². The van der Waals surface area contributed by atoms with Gasteiger partial charge in [0, 0.05) is 30.3 Å². The minimum Gasteiger partial charge on any atom is -0.493 e. The number of carbonyl (C=O) groups is 1. The summed E-state index contributed by atoms with van der Waals surface area (Å²) in [5.74, 6) is 1.10. The zero-order valence-corrected chi connectivity index (χ0v) is 16.3. The van der Waals surface area contributed by atoms with E-state index in [4.69, 9.17) is 14.2 Å². The predicted octanol–water partition coefficient (Wildman–Crippen LogP) is 2.72. The van der Waals surface area contributed by atoms with Crippen LogP contribution >= 0.6 is 0 Å². The van der Waals surface area contributed by atoms with Gasteiger partial charge in [0.2, 0.25) is 0 Å². The van der Waals surface area contributed by atoms with E-state index in [2.05, 4.69) is 0 Å². The lowest BCUT2D eigenvalue weighted by molar-refractivity contribution is 0.0204. The highest BCUT2D eigenvalue weighted by molar-refractivity contribution is 5.66. The van der Waals surface area contributed by atoms with Gasteiger partial charge < -0.3 is 29.3 Å². The summed E-state index contributed by atoms with van der Waals surface area (Å²) in [5.41, 5.74) is 0.324. The van der Waals surface area contributed by atoms with Crippen LogP contribution in [0.3, 0.4) is 0 Å². The third-order valence-corrected chi connectivity index (χ3v) is 6.42. The maximum Gasteiger partial charge on any atom is 0.407 e. The molecule has 0 saturated carbocycles. The lowest BCUT2D eigenvalue weighted by atomic mass is 9.69. The number of hydrogen-bond acceptors (Lipinski definition) is 5. The summed E-state index contributed by atoms with van der Waals surface area (Å²) in [7, 11) is 1.59. The highest BCUT2D eigenvalue weighted by atomic mass is 16.6. The molecule has 0 spiro atoms. The molecule has 0 radical (unpaired) electrons. The first kappa shape index (κ1) is 19.8. The van der Waals surface area contributed by atoms with Crippen LogP contribution in [0.1, 0.15) is 38.7 Å². The Labute approximate surface area is 159 Å². The standard InChI is InChI=1S/C20H29NO6/c1-12-20(3,13(2)22)16(10-21(12)19(23)24)14-5-6-17(25-4)18(9-14)27-15-7-8-26-11-15/h5-6,9,12-13,15-16,22H,7-8,10-11H2,1-4H3,(H,23,24)/t12?,13-,15+,16?,20-/m1/s1. The molecule has 0 aromatic heterocycles. The second-order valence-corrected chi connectivity index (χ2v) is 7.72. The Morgan fingerprint density at radius 1 is 1.41 bits per heavy atom. The zero-order valence-electron chi connectivity index (χ0n) is 16.3. The fourth-order valence-corrected chi connectivity index (χ4v) is 4.31. The first-order chi connectivity index (χ1) is 12.8. The maximum atomic E-state index is 11.7. The van der Waals surface area contributed by atoms with Crippen LogP contribution in [0.2, 0.25) is 0 Å². The molecule has 27 heavy (non-hydrogen) atoms. The number of aliphatic hydroxyl groups excluding tert-OH is 1. The van der Waals surface area contributed by atoms with Crippen LogP contribution in [-0.4, -0.2) is 66.3 Å². The van der Waals surface area contributed by atoms with Crippen molar-refractivity contribution >= 4 is 6.09 Å². The Kier molecular flexibility index (Phi) is 5.53. The van der Waals surface area contributed by atoms with E-state index < -0.39 is 17.6 Å². The molecule has 5 atom stereocenters. The summed E-state index contributed by atoms with van der Waals surface area (Å²) in [5, 5.41) is 20.1. The second kappa shape index (κ2) is 7.56. The number of ether oxygens (including phenoxy) is 3. The molecule has 1 aromatic rings. The Morgan fingerprint density at radius 2 is 2.15 bits per heavy atom. The normalized spacial score (nSPS) is 31.7. The molecule has 1 aromatic carbocycles. The van der Waals surface area contributed by atoms with Gasteiger partial charge in [-0.2, -0.15) is 0 Å². The van der Waals surface area contributed by atoms with Gasteiger partial charge in [0.1, 0.15) is 6.10 Å². The molecule has 1 amide bonds. The highest BCUT2D eigenvalue weighted by Crippen LogP contribution is 2.50. The number of methoxy groups -OCH3 is 1. The molecule has 3 rings (SSSR count). The minimum atomic E-state index is -0.968. The molecule has 150 valence electrons. The third-order valence-electron chi connectivity index (χ3n) is 6.42. The highest BCUT2D eigenvalue weighted by Gasteiger charge is 2.53. The summed E-state index contributed by atoms with van der Waals surface area (Å²) in [4.78, 5) is 13.1. The van der Waals surface area contributed by atoms with Gasteiger partial charge in [-0.25, -0.2) is 4.79 Å². The van der Waals surface area contributed by atoms with Crippen molar-refractivity contribution in [2.24, 2.45) is 5.41 Å². The predicted molar refractivity (Wildman–Crippen MR) is 99.6 cm³/mol. The van der Waals surface area contributed by atoms with Crippen molar-refractivity contribution in [3.63, 3.8) is 0 Å². The molecule has 2 fully saturated rings. The zero-order chi connectivity index (χ0) is 19.8. The summed E-state index contributed by atoms with van der Waals surface area (Å²) in [6, 6.07) is 5.38. The molecule has 7 nitrogen and oxygen atoms in total. The quantitative estimate of drug-likeness (QED) is 0.818. The minimum absolute atomic E-state index is 0.0182. The molecule has 0 bridgehead atoms. The van der Waals surface area contributed by atoms with Gasteiger partial charge in [-0.05, 0) is 31.5 Å².